The van der Waals surface area contributed by atoms with Crippen molar-refractivity contribution in [3.05, 3.63) is 77.2 Å². The van der Waals surface area contributed by atoms with E-state index in [-0.39, 0.29) is 5.69 Å². The summed E-state index contributed by atoms with van der Waals surface area (Å²) in [6, 6.07) is 14.9. The number of fused-ring (bicyclic) bond motifs is 5. The highest BCUT2D eigenvalue weighted by Crippen LogP contribution is 2.39. The number of hydrogen-bond donors (Lipinski definition) is 1. The molecule has 0 bridgehead atoms. The van der Waals surface area contributed by atoms with E-state index in [0.29, 0.717) is 5.69 Å². The molecule has 0 fully saturated rings. The molecule has 1 N–H and O–H groups in total. The summed E-state index contributed by atoms with van der Waals surface area (Å²) in [5, 5.41) is 15.6. The van der Waals surface area contributed by atoms with Gasteiger partial charge in [-0.05, 0) is 29.0 Å². The van der Waals surface area contributed by atoms with E-state index in [1.54, 1.807) is 24.7 Å². The average molecular weight is 340 g/mol. The van der Waals surface area contributed by atoms with Crippen LogP contribution in [0, 0.1) is 10.1 Å². The molecule has 0 saturated carbocycles. The molecule has 2 aromatic carbocycles. The highest BCUT2D eigenvalue weighted by atomic mass is 16.6. The molecule has 5 rings (SSSR count). The Morgan fingerprint density at radius 3 is 2.62 bits per heavy atom. The number of pyridine rings is 2. The zero-order valence-corrected chi connectivity index (χ0v) is 13.5. The lowest BCUT2D eigenvalue weighted by Gasteiger charge is -2.08. The lowest BCUT2D eigenvalue weighted by Crippen LogP contribution is -1.95. The Hall–Kier alpha value is -3.80. The number of rotatable bonds is 2. The summed E-state index contributed by atoms with van der Waals surface area (Å²) in [4.78, 5) is 22.9. The molecule has 6 nitrogen and oxygen atoms in total. The van der Waals surface area contributed by atoms with Gasteiger partial charge in [-0.25, -0.2) is 4.98 Å². The van der Waals surface area contributed by atoms with Gasteiger partial charge in [0, 0.05) is 40.3 Å². The van der Waals surface area contributed by atoms with Crippen LogP contribution in [0.2, 0.25) is 0 Å². The molecule has 0 amide bonds. The van der Waals surface area contributed by atoms with Crippen molar-refractivity contribution in [1.82, 2.24) is 15.0 Å². The van der Waals surface area contributed by atoms with Crippen molar-refractivity contribution in [2.75, 3.05) is 0 Å². The van der Waals surface area contributed by atoms with E-state index in [4.69, 9.17) is 0 Å². The van der Waals surface area contributed by atoms with E-state index >= 15 is 0 Å². The average Bonchev–Trinajstić information content (AvgIpc) is 3.06. The van der Waals surface area contributed by atoms with Gasteiger partial charge in [0.05, 0.1) is 16.6 Å². The fraction of sp³-hybridized carbons (Fsp3) is 0. The molecule has 6 heteroatoms. The van der Waals surface area contributed by atoms with Gasteiger partial charge < -0.3 is 4.98 Å². The summed E-state index contributed by atoms with van der Waals surface area (Å²) in [6.07, 6.45) is 5.13. The van der Waals surface area contributed by atoms with Crippen LogP contribution < -0.4 is 0 Å². The highest BCUT2D eigenvalue weighted by Gasteiger charge is 2.20. The van der Waals surface area contributed by atoms with Gasteiger partial charge in [0.25, 0.3) is 5.69 Å². The van der Waals surface area contributed by atoms with E-state index in [9.17, 15) is 10.1 Å². The Bertz CT molecular complexity index is 1320. The second-order valence-corrected chi connectivity index (χ2v) is 6.07. The highest BCUT2D eigenvalue weighted by molar-refractivity contribution is 6.23. The molecular formula is C20H12N4O2. The van der Waals surface area contributed by atoms with Crippen LogP contribution in [0.25, 0.3) is 43.8 Å². The maximum atomic E-state index is 11.5. The molecule has 0 saturated heterocycles. The number of hydrogen-bond acceptors (Lipinski definition) is 4. The van der Waals surface area contributed by atoms with E-state index in [2.05, 4.69) is 15.0 Å². The van der Waals surface area contributed by atoms with Gasteiger partial charge in [-0.15, -0.1) is 0 Å². The van der Waals surface area contributed by atoms with Crippen LogP contribution in [0.5, 0.6) is 0 Å². The molecule has 124 valence electrons. The second-order valence-electron chi connectivity index (χ2n) is 6.07. The van der Waals surface area contributed by atoms with E-state index in [1.807, 2.05) is 36.4 Å². The maximum absolute atomic E-state index is 11.5. The van der Waals surface area contributed by atoms with Crippen molar-refractivity contribution in [3.63, 3.8) is 0 Å². The summed E-state index contributed by atoms with van der Waals surface area (Å²) in [6.45, 7) is 0. The number of nitrogens with one attached hydrogen (secondary N) is 1. The lowest BCUT2D eigenvalue weighted by atomic mass is 9.97. The molecule has 0 atom stereocenters. The fourth-order valence-electron chi connectivity index (χ4n) is 3.57. The number of aromatic nitrogens is 3. The molecule has 0 aliphatic heterocycles. The molecule has 5 aromatic rings. The molecule has 26 heavy (non-hydrogen) atoms. The monoisotopic (exact) mass is 340 g/mol. The molecule has 0 aliphatic rings. The van der Waals surface area contributed by atoms with Gasteiger partial charge in [-0.2, -0.15) is 0 Å². The fourth-order valence-corrected chi connectivity index (χ4v) is 3.57. The van der Waals surface area contributed by atoms with Crippen molar-refractivity contribution in [2.24, 2.45) is 0 Å². The number of H-pyrrole nitrogens is 1. The Kier molecular flexibility index (Phi) is 2.99. The van der Waals surface area contributed by atoms with Crippen molar-refractivity contribution >= 4 is 38.3 Å². The molecule has 3 aromatic heterocycles. The standard InChI is InChI=1S/C20H12N4O2/c25-24(26)18-6-3-8-22-20(18)15-10-16-19(13-5-2-1-4-12(13)15)14-7-9-21-11-17(14)23-16/h1-11,23H. The Balaban J connectivity index is 1.98. The predicted octanol–water partition coefficient (Wildman–Crippen LogP) is 4.84. The third-order valence-corrected chi connectivity index (χ3v) is 4.64. The van der Waals surface area contributed by atoms with Crippen molar-refractivity contribution < 1.29 is 4.92 Å². The zero-order valence-electron chi connectivity index (χ0n) is 13.5. The van der Waals surface area contributed by atoms with Crippen LogP contribution in [-0.4, -0.2) is 19.9 Å². The zero-order chi connectivity index (χ0) is 17.7. The summed E-state index contributed by atoms with van der Waals surface area (Å²) >= 11 is 0. The van der Waals surface area contributed by atoms with E-state index in [1.165, 1.54) is 6.07 Å². The Morgan fingerprint density at radius 2 is 1.77 bits per heavy atom. The third kappa shape index (κ3) is 1.99. The second kappa shape index (κ2) is 5.35. The van der Waals surface area contributed by atoms with Crippen LogP contribution in [0.15, 0.2) is 67.1 Å². The first-order chi connectivity index (χ1) is 12.7. The van der Waals surface area contributed by atoms with E-state index < -0.39 is 4.92 Å². The quantitative estimate of drug-likeness (QED) is 0.368. The number of benzene rings is 2. The normalized spacial score (nSPS) is 11.4. The number of nitro groups is 1. The lowest BCUT2D eigenvalue weighted by molar-refractivity contribution is -0.384. The van der Waals surface area contributed by atoms with Gasteiger partial charge in [-0.3, -0.25) is 15.1 Å². The molecule has 0 spiro atoms. The first kappa shape index (κ1) is 14.5. The third-order valence-electron chi connectivity index (χ3n) is 4.64. The topological polar surface area (TPSA) is 84.7 Å². The van der Waals surface area contributed by atoms with Gasteiger partial charge in [0.1, 0.15) is 5.69 Å². The van der Waals surface area contributed by atoms with Crippen LogP contribution in [0.4, 0.5) is 5.69 Å². The predicted molar refractivity (Wildman–Crippen MR) is 101 cm³/mol. The summed E-state index contributed by atoms with van der Waals surface area (Å²) in [7, 11) is 0. The van der Waals surface area contributed by atoms with Crippen molar-refractivity contribution in [3.8, 4) is 11.3 Å². The summed E-state index contributed by atoms with van der Waals surface area (Å²) in [5.74, 6) is 0. The first-order valence-corrected chi connectivity index (χ1v) is 8.11. The van der Waals surface area contributed by atoms with Gasteiger partial charge in [0.15, 0.2) is 0 Å². The summed E-state index contributed by atoms with van der Waals surface area (Å²) < 4.78 is 0. The van der Waals surface area contributed by atoms with Gasteiger partial charge in [-0.1, -0.05) is 24.3 Å². The maximum Gasteiger partial charge on any atom is 0.295 e. The van der Waals surface area contributed by atoms with Crippen molar-refractivity contribution in [1.29, 1.82) is 0 Å². The van der Waals surface area contributed by atoms with Gasteiger partial charge >= 0.3 is 0 Å². The molecular weight excluding hydrogens is 328 g/mol. The van der Waals surface area contributed by atoms with E-state index in [0.717, 1.165) is 38.1 Å². The van der Waals surface area contributed by atoms with Crippen LogP contribution in [0.3, 0.4) is 0 Å². The Labute approximate surface area is 147 Å². The van der Waals surface area contributed by atoms with Crippen LogP contribution >= 0.6 is 0 Å². The first-order valence-electron chi connectivity index (χ1n) is 8.11. The van der Waals surface area contributed by atoms with Crippen LogP contribution in [0.1, 0.15) is 0 Å². The SMILES string of the molecule is O=[N+]([O-])c1cccnc1-c1cc2[nH]c3cnccc3c2c2ccccc12. The van der Waals surface area contributed by atoms with Crippen molar-refractivity contribution in [2.45, 2.75) is 0 Å². The molecule has 0 aliphatic carbocycles. The molecule has 0 unspecified atom stereocenters. The van der Waals surface area contributed by atoms with Crippen LogP contribution in [-0.2, 0) is 0 Å². The molecule has 3 heterocycles. The minimum atomic E-state index is -0.392. The number of aromatic amines is 1. The largest absolute Gasteiger partial charge is 0.353 e. The number of nitrogens with zero attached hydrogens (tertiary/aromatic N) is 3. The Morgan fingerprint density at radius 1 is 0.923 bits per heavy atom. The minimum Gasteiger partial charge on any atom is -0.353 e. The summed E-state index contributed by atoms with van der Waals surface area (Å²) in [5.41, 5.74) is 2.93. The molecule has 0 radical (unpaired) electrons. The smallest absolute Gasteiger partial charge is 0.295 e. The van der Waals surface area contributed by atoms with Gasteiger partial charge in [0.2, 0.25) is 0 Å². The minimum absolute atomic E-state index is 0.00483.